The van der Waals surface area contributed by atoms with Gasteiger partial charge in [0.25, 0.3) is 0 Å². The van der Waals surface area contributed by atoms with Gasteiger partial charge in [-0.3, -0.25) is 4.79 Å². The van der Waals surface area contributed by atoms with Crippen LogP contribution >= 0.6 is 0 Å². The number of fused-ring (bicyclic) bond motifs is 1. The summed E-state index contributed by atoms with van der Waals surface area (Å²) in [6.45, 7) is 5.33. The lowest BCUT2D eigenvalue weighted by molar-refractivity contribution is -0.119. The van der Waals surface area contributed by atoms with Crippen molar-refractivity contribution < 1.29 is 9.18 Å². The summed E-state index contributed by atoms with van der Waals surface area (Å²) in [7, 11) is 0. The van der Waals surface area contributed by atoms with Crippen molar-refractivity contribution >= 4 is 11.6 Å². The first-order chi connectivity index (χ1) is 6.44. The molecule has 2 rings (SSSR count). The summed E-state index contributed by atoms with van der Waals surface area (Å²) in [5.74, 6) is -0.449. The first kappa shape index (κ1) is 9.19. The van der Waals surface area contributed by atoms with Gasteiger partial charge < -0.3 is 5.32 Å². The Balaban J connectivity index is 2.76. The fourth-order valence-corrected chi connectivity index (χ4v) is 1.84. The van der Waals surface area contributed by atoms with Crippen molar-refractivity contribution in [2.75, 3.05) is 5.32 Å². The van der Waals surface area contributed by atoms with Crippen molar-refractivity contribution in [2.24, 2.45) is 0 Å². The number of anilines is 1. The van der Waals surface area contributed by atoms with Gasteiger partial charge in [-0.15, -0.1) is 0 Å². The van der Waals surface area contributed by atoms with E-state index in [1.54, 1.807) is 19.9 Å². The zero-order valence-corrected chi connectivity index (χ0v) is 8.44. The van der Waals surface area contributed by atoms with Crippen molar-refractivity contribution in [3.05, 3.63) is 29.1 Å². The van der Waals surface area contributed by atoms with E-state index in [1.807, 2.05) is 6.92 Å². The lowest BCUT2D eigenvalue weighted by atomic mass is 9.85. The molecule has 0 saturated heterocycles. The fraction of sp³-hybridized carbons (Fsp3) is 0.364. The fourth-order valence-electron chi connectivity index (χ4n) is 1.84. The summed E-state index contributed by atoms with van der Waals surface area (Å²) in [4.78, 5) is 11.6. The molecule has 0 atom stereocenters. The molecule has 3 heteroatoms. The molecule has 14 heavy (non-hydrogen) atoms. The van der Waals surface area contributed by atoms with Gasteiger partial charge in [-0.2, -0.15) is 0 Å². The van der Waals surface area contributed by atoms with E-state index in [0.717, 1.165) is 5.56 Å². The van der Waals surface area contributed by atoms with Crippen LogP contribution in [0.2, 0.25) is 0 Å². The van der Waals surface area contributed by atoms with Gasteiger partial charge in [0.15, 0.2) is 0 Å². The van der Waals surface area contributed by atoms with Crippen molar-refractivity contribution in [3.8, 4) is 0 Å². The molecular formula is C11H12FNO. The molecule has 0 radical (unpaired) electrons. The van der Waals surface area contributed by atoms with E-state index in [2.05, 4.69) is 5.32 Å². The van der Waals surface area contributed by atoms with Crippen LogP contribution in [0.5, 0.6) is 0 Å². The largest absolute Gasteiger partial charge is 0.325 e. The van der Waals surface area contributed by atoms with E-state index in [0.29, 0.717) is 11.3 Å². The summed E-state index contributed by atoms with van der Waals surface area (Å²) in [5, 5.41) is 2.72. The lowest BCUT2D eigenvalue weighted by Crippen LogP contribution is -2.27. The number of nitrogens with one attached hydrogen (secondary N) is 1. The molecule has 0 fully saturated rings. The van der Waals surface area contributed by atoms with Gasteiger partial charge >= 0.3 is 0 Å². The summed E-state index contributed by atoms with van der Waals surface area (Å²) < 4.78 is 13.5. The van der Waals surface area contributed by atoms with Crippen molar-refractivity contribution in [2.45, 2.75) is 26.2 Å². The molecule has 0 saturated carbocycles. The number of aryl methyl sites for hydroxylation is 1. The molecule has 0 aliphatic carbocycles. The minimum atomic E-state index is -0.758. The van der Waals surface area contributed by atoms with Gasteiger partial charge in [-0.25, -0.2) is 4.39 Å². The summed E-state index contributed by atoms with van der Waals surface area (Å²) in [5.41, 5.74) is 1.27. The van der Waals surface area contributed by atoms with Crippen LogP contribution in [0.4, 0.5) is 10.1 Å². The van der Waals surface area contributed by atoms with Crippen LogP contribution < -0.4 is 5.32 Å². The number of amides is 1. The van der Waals surface area contributed by atoms with E-state index in [4.69, 9.17) is 0 Å². The molecular weight excluding hydrogens is 181 g/mol. The molecule has 1 heterocycles. The summed E-state index contributed by atoms with van der Waals surface area (Å²) >= 11 is 0. The number of benzene rings is 1. The predicted molar refractivity (Wildman–Crippen MR) is 52.8 cm³/mol. The maximum Gasteiger partial charge on any atom is 0.234 e. The molecule has 1 aromatic carbocycles. The highest BCUT2D eigenvalue weighted by Gasteiger charge is 2.41. The van der Waals surface area contributed by atoms with Gasteiger partial charge in [0.1, 0.15) is 5.82 Å². The van der Waals surface area contributed by atoms with Gasteiger partial charge in [0.2, 0.25) is 5.91 Å². The minimum absolute atomic E-state index is 0.138. The second-order valence-corrected chi connectivity index (χ2v) is 4.19. The molecule has 0 aromatic heterocycles. The molecule has 74 valence electrons. The molecule has 0 bridgehead atoms. The SMILES string of the molecule is Cc1ccc(F)c2c1NC(=O)C2(C)C. The number of hydrogen-bond donors (Lipinski definition) is 1. The molecule has 1 N–H and O–H groups in total. The summed E-state index contributed by atoms with van der Waals surface area (Å²) in [6.07, 6.45) is 0. The Morgan fingerprint density at radius 2 is 2.00 bits per heavy atom. The lowest BCUT2D eigenvalue weighted by Gasteiger charge is -2.15. The first-order valence-corrected chi connectivity index (χ1v) is 4.55. The van der Waals surface area contributed by atoms with Gasteiger partial charge in [0, 0.05) is 5.56 Å². The van der Waals surface area contributed by atoms with Gasteiger partial charge in [-0.05, 0) is 32.4 Å². The molecule has 0 unspecified atom stereocenters. The first-order valence-electron chi connectivity index (χ1n) is 4.55. The van der Waals surface area contributed by atoms with Gasteiger partial charge in [0.05, 0.1) is 11.1 Å². The molecule has 1 aliphatic rings. The van der Waals surface area contributed by atoms with Crippen molar-refractivity contribution in [3.63, 3.8) is 0 Å². The van der Waals surface area contributed by atoms with Crippen LogP contribution in [0, 0.1) is 12.7 Å². The van der Waals surface area contributed by atoms with Crippen LogP contribution in [0.25, 0.3) is 0 Å². The van der Waals surface area contributed by atoms with E-state index in [1.165, 1.54) is 6.07 Å². The average molecular weight is 193 g/mol. The molecule has 1 aromatic rings. The van der Waals surface area contributed by atoms with Crippen LogP contribution in [0.1, 0.15) is 25.0 Å². The van der Waals surface area contributed by atoms with Gasteiger partial charge in [-0.1, -0.05) is 6.07 Å². The number of rotatable bonds is 0. The Morgan fingerprint density at radius 3 is 2.57 bits per heavy atom. The van der Waals surface area contributed by atoms with Crippen LogP contribution in [0.3, 0.4) is 0 Å². The highest BCUT2D eigenvalue weighted by molar-refractivity contribution is 6.06. The maximum absolute atomic E-state index is 13.5. The third-order valence-electron chi connectivity index (χ3n) is 2.79. The van der Waals surface area contributed by atoms with E-state index in [-0.39, 0.29) is 11.7 Å². The third kappa shape index (κ3) is 0.983. The Hall–Kier alpha value is -1.38. The third-order valence-corrected chi connectivity index (χ3v) is 2.79. The monoisotopic (exact) mass is 193 g/mol. The Bertz CT molecular complexity index is 424. The average Bonchev–Trinajstić information content (AvgIpc) is 2.33. The smallest absolute Gasteiger partial charge is 0.234 e. The Morgan fingerprint density at radius 1 is 1.36 bits per heavy atom. The van der Waals surface area contributed by atoms with E-state index < -0.39 is 5.41 Å². The number of hydrogen-bond acceptors (Lipinski definition) is 1. The maximum atomic E-state index is 13.5. The molecule has 1 aliphatic heterocycles. The molecule has 2 nitrogen and oxygen atoms in total. The highest BCUT2D eigenvalue weighted by Crippen LogP contribution is 2.40. The quantitative estimate of drug-likeness (QED) is 0.673. The summed E-state index contributed by atoms with van der Waals surface area (Å²) in [6, 6.07) is 3.09. The van der Waals surface area contributed by atoms with Crippen molar-refractivity contribution in [1.82, 2.24) is 0 Å². The van der Waals surface area contributed by atoms with Crippen molar-refractivity contribution in [1.29, 1.82) is 0 Å². The van der Waals surface area contributed by atoms with Crippen LogP contribution in [-0.2, 0) is 10.2 Å². The highest BCUT2D eigenvalue weighted by atomic mass is 19.1. The predicted octanol–water partition coefficient (Wildman–Crippen LogP) is 2.36. The standard InChI is InChI=1S/C11H12FNO/c1-6-4-5-7(12)8-9(6)13-10(14)11(8,2)3/h4-5H,1-3H3,(H,13,14). The number of carbonyl (C=O) groups excluding carboxylic acids is 1. The molecule has 0 spiro atoms. The second kappa shape index (κ2) is 2.56. The number of halogens is 1. The topological polar surface area (TPSA) is 29.1 Å². The zero-order valence-electron chi connectivity index (χ0n) is 8.44. The number of carbonyl (C=O) groups is 1. The second-order valence-electron chi connectivity index (χ2n) is 4.19. The molecule has 1 amide bonds. The van der Waals surface area contributed by atoms with E-state index >= 15 is 0 Å². The zero-order chi connectivity index (χ0) is 10.5. The normalized spacial score (nSPS) is 17.9. The van der Waals surface area contributed by atoms with Crippen LogP contribution in [-0.4, -0.2) is 5.91 Å². The minimum Gasteiger partial charge on any atom is -0.325 e. The Labute approximate surface area is 82.1 Å². The van der Waals surface area contributed by atoms with Crippen LogP contribution in [0.15, 0.2) is 12.1 Å². The van der Waals surface area contributed by atoms with E-state index in [9.17, 15) is 9.18 Å². The Kier molecular flexibility index (Phi) is 1.68.